The number of methoxy groups -OCH3 is 1. The van der Waals surface area contributed by atoms with Gasteiger partial charge in [-0.25, -0.2) is 0 Å². The molecule has 0 aliphatic carbocycles. The van der Waals surface area contributed by atoms with E-state index in [1.807, 2.05) is 23.1 Å². The van der Waals surface area contributed by atoms with Crippen LogP contribution in [0.2, 0.25) is 0 Å². The van der Waals surface area contributed by atoms with Crippen molar-refractivity contribution in [1.82, 2.24) is 4.90 Å². The number of hydrogen-bond acceptors (Lipinski definition) is 5. The van der Waals surface area contributed by atoms with E-state index in [1.165, 1.54) is 0 Å². The summed E-state index contributed by atoms with van der Waals surface area (Å²) in [5.74, 6) is 1.36. The fraction of sp³-hybridized carbons (Fsp3) is 0.588. The van der Waals surface area contributed by atoms with E-state index in [-0.39, 0.29) is 18.6 Å². The molecule has 128 valence electrons. The quantitative estimate of drug-likeness (QED) is 0.733. The first-order valence-corrected chi connectivity index (χ1v) is 8.09. The highest BCUT2D eigenvalue weighted by atomic mass is 16.5. The minimum absolute atomic E-state index is 0.00762. The summed E-state index contributed by atoms with van der Waals surface area (Å²) in [6.45, 7) is 2.83. The van der Waals surface area contributed by atoms with E-state index >= 15 is 0 Å². The van der Waals surface area contributed by atoms with E-state index in [0.717, 1.165) is 19.3 Å². The zero-order chi connectivity index (χ0) is 16.5. The summed E-state index contributed by atoms with van der Waals surface area (Å²) in [6, 6.07) is 7.26. The first-order chi connectivity index (χ1) is 11.2. The summed E-state index contributed by atoms with van der Waals surface area (Å²) < 4.78 is 16.4. The highest BCUT2D eigenvalue weighted by Gasteiger charge is 2.23. The molecule has 1 aromatic carbocycles. The SMILES string of the molecule is COc1cccc(OCC(=O)N2CCC(OCCCN)CC2)c1. The second-order valence-electron chi connectivity index (χ2n) is 5.56. The molecule has 0 bridgehead atoms. The number of amides is 1. The maximum Gasteiger partial charge on any atom is 0.260 e. The Bertz CT molecular complexity index is 487. The largest absolute Gasteiger partial charge is 0.497 e. The number of benzene rings is 1. The van der Waals surface area contributed by atoms with Crippen molar-refractivity contribution in [3.05, 3.63) is 24.3 Å². The minimum atomic E-state index is 0.00762. The molecule has 0 aromatic heterocycles. The topological polar surface area (TPSA) is 74.0 Å². The molecule has 2 rings (SSSR count). The maximum atomic E-state index is 12.2. The van der Waals surface area contributed by atoms with Gasteiger partial charge in [-0.1, -0.05) is 6.07 Å². The molecule has 6 nitrogen and oxygen atoms in total. The van der Waals surface area contributed by atoms with Crippen LogP contribution in [0.3, 0.4) is 0 Å². The van der Waals surface area contributed by atoms with Crippen LogP contribution in [0, 0.1) is 0 Å². The number of carbonyl (C=O) groups is 1. The zero-order valence-electron chi connectivity index (χ0n) is 13.7. The van der Waals surface area contributed by atoms with Crippen LogP contribution in [0.4, 0.5) is 0 Å². The molecule has 0 radical (unpaired) electrons. The number of piperidine rings is 1. The molecule has 0 spiro atoms. The van der Waals surface area contributed by atoms with Crippen LogP contribution in [-0.4, -0.2) is 56.9 Å². The number of rotatable bonds is 8. The average molecular weight is 322 g/mol. The normalized spacial score (nSPS) is 15.5. The average Bonchev–Trinajstić information content (AvgIpc) is 2.60. The molecule has 1 aliphatic rings. The van der Waals surface area contributed by atoms with Gasteiger partial charge in [0.05, 0.1) is 13.2 Å². The van der Waals surface area contributed by atoms with Gasteiger partial charge >= 0.3 is 0 Å². The van der Waals surface area contributed by atoms with E-state index in [4.69, 9.17) is 19.9 Å². The number of ether oxygens (including phenoxy) is 3. The number of carbonyl (C=O) groups excluding carboxylic acids is 1. The Balaban J connectivity index is 1.70. The molecule has 2 N–H and O–H groups in total. The first kappa shape index (κ1) is 17.6. The molecule has 1 aromatic rings. The smallest absolute Gasteiger partial charge is 0.260 e. The molecule has 1 heterocycles. The molecule has 1 saturated heterocycles. The van der Waals surface area contributed by atoms with Crippen molar-refractivity contribution in [3.8, 4) is 11.5 Å². The molecule has 23 heavy (non-hydrogen) atoms. The predicted molar refractivity (Wildman–Crippen MR) is 87.7 cm³/mol. The van der Waals surface area contributed by atoms with Gasteiger partial charge in [0.2, 0.25) is 0 Å². The molecule has 1 aliphatic heterocycles. The van der Waals surface area contributed by atoms with Crippen molar-refractivity contribution < 1.29 is 19.0 Å². The lowest BCUT2D eigenvalue weighted by Crippen LogP contribution is -2.43. The molecular formula is C17H26N2O4. The van der Waals surface area contributed by atoms with E-state index in [9.17, 15) is 4.79 Å². The monoisotopic (exact) mass is 322 g/mol. The standard InChI is InChI=1S/C17H26N2O4/c1-21-15-4-2-5-16(12-15)23-13-17(20)19-9-6-14(7-10-19)22-11-3-8-18/h2,4-5,12,14H,3,6-11,13,18H2,1H3. The third-order valence-electron chi connectivity index (χ3n) is 3.90. The van der Waals surface area contributed by atoms with Crippen LogP contribution in [-0.2, 0) is 9.53 Å². The van der Waals surface area contributed by atoms with Crippen molar-refractivity contribution in [3.63, 3.8) is 0 Å². The third-order valence-corrected chi connectivity index (χ3v) is 3.90. The Kier molecular flexibility index (Phi) is 7.16. The van der Waals surface area contributed by atoms with Crippen LogP contribution < -0.4 is 15.2 Å². The molecule has 6 heteroatoms. The van der Waals surface area contributed by atoms with E-state index in [0.29, 0.717) is 37.7 Å². The molecule has 1 amide bonds. The van der Waals surface area contributed by atoms with Crippen molar-refractivity contribution in [2.75, 3.05) is 40.0 Å². The summed E-state index contributed by atoms with van der Waals surface area (Å²) in [6.07, 6.45) is 2.86. The fourth-order valence-electron chi connectivity index (χ4n) is 2.53. The summed E-state index contributed by atoms with van der Waals surface area (Å²) in [5.41, 5.74) is 5.45. The van der Waals surface area contributed by atoms with Crippen molar-refractivity contribution >= 4 is 5.91 Å². The number of nitrogens with two attached hydrogens (primary N) is 1. The number of likely N-dealkylation sites (tertiary alicyclic amines) is 1. The van der Waals surface area contributed by atoms with E-state index in [1.54, 1.807) is 13.2 Å². The van der Waals surface area contributed by atoms with Crippen LogP contribution in [0.5, 0.6) is 11.5 Å². The Morgan fingerprint density at radius 1 is 1.30 bits per heavy atom. The molecule has 0 atom stereocenters. The van der Waals surface area contributed by atoms with Crippen molar-refractivity contribution in [2.45, 2.75) is 25.4 Å². The number of nitrogens with zero attached hydrogens (tertiary/aromatic N) is 1. The highest BCUT2D eigenvalue weighted by Crippen LogP contribution is 2.19. The summed E-state index contributed by atoms with van der Waals surface area (Å²) in [4.78, 5) is 14.0. The second-order valence-corrected chi connectivity index (χ2v) is 5.56. The van der Waals surface area contributed by atoms with Crippen molar-refractivity contribution in [2.24, 2.45) is 5.73 Å². The minimum Gasteiger partial charge on any atom is -0.497 e. The first-order valence-electron chi connectivity index (χ1n) is 8.09. The van der Waals surface area contributed by atoms with Gasteiger partial charge < -0.3 is 24.8 Å². The number of hydrogen-bond donors (Lipinski definition) is 1. The predicted octanol–water partition coefficient (Wildman–Crippen LogP) is 1.43. The lowest BCUT2D eigenvalue weighted by molar-refractivity contribution is -0.136. The third kappa shape index (κ3) is 5.73. The Morgan fingerprint density at radius 2 is 2.04 bits per heavy atom. The Morgan fingerprint density at radius 3 is 2.74 bits per heavy atom. The van der Waals surface area contributed by atoms with Gasteiger partial charge in [-0.15, -0.1) is 0 Å². The molecule has 0 saturated carbocycles. The zero-order valence-corrected chi connectivity index (χ0v) is 13.7. The lowest BCUT2D eigenvalue weighted by Gasteiger charge is -2.31. The second kappa shape index (κ2) is 9.37. The van der Waals surface area contributed by atoms with Gasteiger partial charge in [-0.2, -0.15) is 0 Å². The van der Waals surface area contributed by atoms with Gasteiger partial charge in [-0.05, 0) is 37.9 Å². The lowest BCUT2D eigenvalue weighted by atomic mass is 10.1. The maximum absolute atomic E-state index is 12.2. The Hall–Kier alpha value is -1.79. The van der Waals surface area contributed by atoms with Gasteiger partial charge in [0.15, 0.2) is 6.61 Å². The molecule has 0 unspecified atom stereocenters. The fourth-order valence-corrected chi connectivity index (χ4v) is 2.53. The van der Waals surface area contributed by atoms with Crippen LogP contribution in [0.25, 0.3) is 0 Å². The Labute approximate surface area is 137 Å². The highest BCUT2D eigenvalue weighted by molar-refractivity contribution is 5.77. The van der Waals surface area contributed by atoms with Crippen molar-refractivity contribution in [1.29, 1.82) is 0 Å². The van der Waals surface area contributed by atoms with E-state index in [2.05, 4.69) is 0 Å². The summed E-state index contributed by atoms with van der Waals surface area (Å²) >= 11 is 0. The molecular weight excluding hydrogens is 296 g/mol. The van der Waals surface area contributed by atoms with Crippen LogP contribution in [0.15, 0.2) is 24.3 Å². The van der Waals surface area contributed by atoms with E-state index < -0.39 is 0 Å². The van der Waals surface area contributed by atoms with Gasteiger partial charge in [0.25, 0.3) is 5.91 Å². The van der Waals surface area contributed by atoms with Crippen LogP contribution >= 0.6 is 0 Å². The summed E-state index contributed by atoms with van der Waals surface area (Å²) in [7, 11) is 1.60. The molecule has 1 fully saturated rings. The van der Waals surface area contributed by atoms with Gasteiger partial charge in [-0.3, -0.25) is 4.79 Å². The van der Waals surface area contributed by atoms with Gasteiger partial charge in [0.1, 0.15) is 11.5 Å². The van der Waals surface area contributed by atoms with Crippen LogP contribution in [0.1, 0.15) is 19.3 Å². The van der Waals surface area contributed by atoms with Gasteiger partial charge in [0, 0.05) is 25.8 Å². The summed E-state index contributed by atoms with van der Waals surface area (Å²) in [5, 5.41) is 0.